The molecule has 0 aromatic carbocycles. The number of hydrogen-bond acceptors (Lipinski definition) is 2. The van der Waals surface area contributed by atoms with Crippen LogP contribution < -0.4 is 5.32 Å². The summed E-state index contributed by atoms with van der Waals surface area (Å²) in [6.45, 7) is 3.54. The van der Waals surface area contributed by atoms with Crippen LogP contribution in [0.1, 0.15) is 26.7 Å². The Morgan fingerprint density at radius 1 is 1.38 bits per heavy atom. The van der Waals surface area contributed by atoms with Gasteiger partial charge in [-0.05, 0) is 32.8 Å². The molecule has 0 aromatic rings. The molecule has 1 N–H and O–H groups in total. The van der Waals surface area contributed by atoms with Gasteiger partial charge >= 0.3 is 0 Å². The van der Waals surface area contributed by atoms with Gasteiger partial charge in [-0.15, -0.1) is 0 Å². The lowest BCUT2D eigenvalue weighted by atomic mass is 10.0. The van der Waals surface area contributed by atoms with E-state index in [2.05, 4.69) is 5.32 Å². The summed E-state index contributed by atoms with van der Waals surface area (Å²) in [5.41, 5.74) is 0.0936. The number of carbonyl (C=O) groups is 1. The van der Waals surface area contributed by atoms with Crippen molar-refractivity contribution < 1.29 is 9.53 Å². The first kappa shape index (κ1) is 8.35. The highest BCUT2D eigenvalue weighted by Gasteiger charge is 2.37. The zero-order valence-corrected chi connectivity index (χ0v) is 7.89. The van der Waals surface area contributed by atoms with Crippen LogP contribution in [0.4, 0.5) is 0 Å². The van der Waals surface area contributed by atoms with Crippen molar-refractivity contribution in [2.45, 2.75) is 32.3 Å². The normalized spacial score (nSPS) is 24.9. The minimum Gasteiger partial charge on any atom is -0.476 e. The van der Waals surface area contributed by atoms with Gasteiger partial charge < -0.3 is 10.1 Å². The Balaban J connectivity index is 2.30. The second kappa shape index (κ2) is 2.62. The molecule has 1 saturated heterocycles. The summed E-state index contributed by atoms with van der Waals surface area (Å²) >= 11 is 0. The van der Waals surface area contributed by atoms with E-state index < -0.39 is 5.60 Å². The predicted octanol–water partition coefficient (Wildman–Crippen LogP) is 1.47. The molecule has 1 amide bonds. The first-order valence-electron chi connectivity index (χ1n) is 4.51. The number of amides is 1. The van der Waals surface area contributed by atoms with E-state index in [4.69, 9.17) is 4.74 Å². The minimum atomic E-state index is -0.736. The average Bonchev–Trinajstić information content (AvgIpc) is 2.06. The first-order chi connectivity index (χ1) is 6.09. The van der Waals surface area contributed by atoms with Crippen molar-refractivity contribution in [1.82, 2.24) is 5.32 Å². The van der Waals surface area contributed by atoms with Crippen LogP contribution in [0.25, 0.3) is 0 Å². The molecule has 0 atom stereocenters. The fourth-order valence-corrected chi connectivity index (χ4v) is 1.46. The summed E-state index contributed by atoms with van der Waals surface area (Å²) in [6.07, 6.45) is 5.99. The highest BCUT2D eigenvalue weighted by atomic mass is 16.5. The van der Waals surface area contributed by atoms with Gasteiger partial charge in [0.05, 0.1) is 5.70 Å². The Morgan fingerprint density at radius 3 is 2.85 bits per heavy atom. The summed E-state index contributed by atoms with van der Waals surface area (Å²) in [5.74, 6) is 0.744. The van der Waals surface area contributed by atoms with Gasteiger partial charge in [0, 0.05) is 0 Å². The van der Waals surface area contributed by atoms with Gasteiger partial charge in [-0.25, -0.2) is 0 Å². The molecule has 0 bridgehead atoms. The molecule has 0 radical (unpaired) electrons. The second-order valence-corrected chi connectivity index (χ2v) is 3.83. The van der Waals surface area contributed by atoms with Crippen molar-refractivity contribution >= 4 is 5.91 Å². The average molecular weight is 179 g/mol. The van der Waals surface area contributed by atoms with Gasteiger partial charge in [-0.1, -0.05) is 6.08 Å². The van der Waals surface area contributed by atoms with E-state index in [-0.39, 0.29) is 5.91 Å². The highest BCUT2D eigenvalue weighted by molar-refractivity contribution is 5.88. The Kier molecular flexibility index (Phi) is 1.68. The third kappa shape index (κ3) is 1.34. The molecule has 1 aliphatic carbocycles. The molecule has 3 heteroatoms. The van der Waals surface area contributed by atoms with Crippen molar-refractivity contribution in [3.63, 3.8) is 0 Å². The summed E-state index contributed by atoms with van der Waals surface area (Å²) < 4.78 is 5.57. The monoisotopic (exact) mass is 179 g/mol. The van der Waals surface area contributed by atoms with Gasteiger partial charge in [0.15, 0.2) is 5.60 Å². The molecule has 2 aliphatic rings. The van der Waals surface area contributed by atoms with E-state index in [1.54, 1.807) is 13.8 Å². The first-order valence-corrected chi connectivity index (χ1v) is 4.51. The van der Waals surface area contributed by atoms with E-state index in [1.807, 2.05) is 12.2 Å². The number of nitrogens with one attached hydrogen (secondary N) is 1. The number of ether oxygens (including phenoxy) is 1. The molecule has 1 fully saturated rings. The molecular formula is C10H13NO2. The Morgan fingerprint density at radius 2 is 2.08 bits per heavy atom. The maximum atomic E-state index is 11.5. The van der Waals surface area contributed by atoms with E-state index in [1.165, 1.54) is 0 Å². The van der Waals surface area contributed by atoms with Crippen molar-refractivity contribution in [1.29, 1.82) is 0 Å². The van der Waals surface area contributed by atoms with Crippen LogP contribution in [0.5, 0.6) is 0 Å². The maximum Gasteiger partial charge on any atom is 0.268 e. The molecule has 70 valence electrons. The molecular weight excluding hydrogens is 166 g/mol. The Labute approximate surface area is 77.5 Å². The molecule has 0 saturated carbocycles. The summed E-state index contributed by atoms with van der Waals surface area (Å²) in [6, 6.07) is 0. The van der Waals surface area contributed by atoms with E-state index in [0.29, 0.717) is 0 Å². The van der Waals surface area contributed by atoms with Crippen molar-refractivity contribution in [2.75, 3.05) is 0 Å². The SMILES string of the molecule is CC1(C)OC2=CCCC=C2NC1=O. The molecule has 13 heavy (non-hydrogen) atoms. The fourth-order valence-electron chi connectivity index (χ4n) is 1.46. The maximum absolute atomic E-state index is 11.5. The lowest BCUT2D eigenvalue weighted by Crippen LogP contribution is -2.49. The van der Waals surface area contributed by atoms with Crippen molar-refractivity contribution in [3.05, 3.63) is 23.6 Å². The molecule has 1 heterocycles. The van der Waals surface area contributed by atoms with Crippen LogP contribution in [0.15, 0.2) is 23.6 Å². The van der Waals surface area contributed by atoms with Gasteiger partial charge in [-0.2, -0.15) is 0 Å². The van der Waals surface area contributed by atoms with Crippen LogP contribution in [-0.4, -0.2) is 11.5 Å². The van der Waals surface area contributed by atoms with E-state index >= 15 is 0 Å². The number of allylic oxidation sites excluding steroid dienone is 2. The van der Waals surface area contributed by atoms with Gasteiger partial charge in [0.1, 0.15) is 5.76 Å². The third-order valence-corrected chi connectivity index (χ3v) is 2.27. The highest BCUT2D eigenvalue weighted by Crippen LogP contribution is 2.28. The Hall–Kier alpha value is -1.25. The van der Waals surface area contributed by atoms with Crippen molar-refractivity contribution in [2.24, 2.45) is 0 Å². The topological polar surface area (TPSA) is 38.3 Å². The van der Waals surface area contributed by atoms with Gasteiger partial charge in [0.25, 0.3) is 5.91 Å². The van der Waals surface area contributed by atoms with Crippen LogP contribution in [0.2, 0.25) is 0 Å². The standard InChI is InChI=1S/C10H13NO2/c1-10(2)9(12)11-7-5-3-4-6-8(7)13-10/h5-6H,3-4H2,1-2H3,(H,11,12). The number of carbonyl (C=O) groups excluding carboxylic acids is 1. The lowest BCUT2D eigenvalue weighted by molar-refractivity contribution is -0.140. The quantitative estimate of drug-likeness (QED) is 0.611. The minimum absolute atomic E-state index is 0.0715. The molecule has 3 nitrogen and oxygen atoms in total. The molecule has 0 spiro atoms. The zero-order valence-electron chi connectivity index (χ0n) is 7.89. The van der Waals surface area contributed by atoms with Crippen LogP contribution in [0.3, 0.4) is 0 Å². The summed E-state index contributed by atoms with van der Waals surface area (Å²) in [5, 5.41) is 2.84. The van der Waals surface area contributed by atoms with Crippen LogP contribution >= 0.6 is 0 Å². The lowest BCUT2D eigenvalue weighted by Gasteiger charge is -2.34. The second-order valence-electron chi connectivity index (χ2n) is 3.83. The van der Waals surface area contributed by atoms with Crippen LogP contribution in [-0.2, 0) is 9.53 Å². The molecule has 0 unspecified atom stereocenters. The van der Waals surface area contributed by atoms with Gasteiger partial charge in [0.2, 0.25) is 0 Å². The van der Waals surface area contributed by atoms with E-state index in [0.717, 1.165) is 24.3 Å². The molecule has 0 aromatic heterocycles. The molecule has 2 rings (SSSR count). The summed E-state index contributed by atoms with van der Waals surface area (Å²) in [7, 11) is 0. The zero-order chi connectivity index (χ0) is 9.47. The fraction of sp³-hybridized carbons (Fsp3) is 0.500. The van der Waals surface area contributed by atoms with Crippen LogP contribution in [0, 0.1) is 0 Å². The summed E-state index contributed by atoms with van der Waals surface area (Å²) in [4.78, 5) is 11.5. The third-order valence-electron chi connectivity index (χ3n) is 2.27. The Bertz CT molecular complexity index is 313. The molecule has 1 aliphatic heterocycles. The number of hydrogen-bond donors (Lipinski definition) is 1. The number of fused-ring (bicyclic) bond motifs is 1. The smallest absolute Gasteiger partial charge is 0.268 e. The largest absolute Gasteiger partial charge is 0.476 e. The van der Waals surface area contributed by atoms with Crippen molar-refractivity contribution in [3.8, 4) is 0 Å². The number of morpholine rings is 1. The predicted molar refractivity (Wildman–Crippen MR) is 48.7 cm³/mol. The van der Waals surface area contributed by atoms with E-state index in [9.17, 15) is 4.79 Å². The number of rotatable bonds is 0. The van der Waals surface area contributed by atoms with Gasteiger partial charge in [-0.3, -0.25) is 4.79 Å².